The topological polar surface area (TPSA) is 35.2 Å². The number of nitrogens with two attached hydrogens (primary N) is 1. The molecule has 0 atom stereocenters. The van der Waals surface area contributed by atoms with Crippen molar-refractivity contribution in [2.75, 3.05) is 6.61 Å². The fourth-order valence-electron chi connectivity index (χ4n) is 1.02. The van der Waals surface area contributed by atoms with E-state index in [0.717, 1.165) is 0 Å². The zero-order valence-corrected chi connectivity index (χ0v) is 9.42. The van der Waals surface area contributed by atoms with E-state index in [1.54, 1.807) is 0 Å². The summed E-state index contributed by atoms with van der Waals surface area (Å²) in [5.74, 6) is -0.0719. The van der Waals surface area contributed by atoms with Gasteiger partial charge >= 0.3 is 6.18 Å². The van der Waals surface area contributed by atoms with Crippen LogP contribution >= 0.6 is 23.8 Å². The van der Waals surface area contributed by atoms with Crippen LogP contribution in [0.5, 0.6) is 5.75 Å². The molecule has 2 N–H and O–H groups in total. The molecule has 0 amide bonds. The Labute approximate surface area is 100 Å². The zero-order chi connectivity index (χ0) is 12.3. The van der Waals surface area contributed by atoms with Gasteiger partial charge in [0.2, 0.25) is 0 Å². The Morgan fingerprint density at radius 3 is 2.56 bits per heavy atom. The van der Waals surface area contributed by atoms with Gasteiger partial charge in [-0.15, -0.1) is 0 Å². The maximum Gasteiger partial charge on any atom is 0.422 e. The Bertz CT molecular complexity index is 408. The molecule has 0 fully saturated rings. The molecule has 88 valence electrons. The highest BCUT2D eigenvalue weighted by Crippen LogP contribution is 2.27. The van der Waals surface area contributed by atoms with Crippen molar-refractivity contribution in [3.05, 3.63) is 28.8 Å². The van der Waals surface area contributed by atoms with Gasteiger partial charge in [-0.05, 0) is 12.1 Å². The highest BCUT2D eigenvalue weighted by Gasteiger charge is 2.29. The summed E-state index contributed by atoms with van der Waals surface area (Å²) in [6.45, 7) is -1.41. The summed E-state index contributed by atoms with van der Waals surface area (Å²) in [6.07, 6.45) is -4.42. The molecule has 1 aromatic rings. The van der Waals surface area contributed by atoms with Gasteiger partial charge in [0.05, 0.1) is 10.6 Å². The fraction of sp³-hybridized carbons (Fsp3) is 0.222. The first-order chi connectivity index (χ1) is 7.31. The van der Waals surface area contributed by atoms with Crippen molar-refractivity contribution in [3.63, 3.8) is 0 Å². The minimum Gasteiger partial charge on any atom is -0.483 e. The molecule has 0 aromatic heterocycles. The molecule has 0 aliphatic carbocycles. The number of hydrogen-bond donors (Lipinski definition) is 1. The summed E-state index contributed by atoms with van der Waals surface area (Å²) in [7, 11) is 0. The highest BCUT2D eigenvalue weighted by atomic mass is 35.5. The molecule has 0 aliphatic heterocycles. The molecule has 0 aliphatic rings. The van der Waals surface area contributed by atoms with Crippen LogP contribution in [0.25, 0.3) is 0 Å². The lowest BCUT2D eigenvalue weighted by atomic mass is 10.2. The average Bonchev–Trinajstić information content (AvgIpc) is 2.12. The number of hydrogen-bond acceptors (Lipinski definition) is 2. The summed E-state index contributed by atoms with van der Waals surface area (Å²) < 4.78 is 40.4. The minimum atomic E-state index is -4.42. The highest BCUT2D eigenvalue weighted by molar-refractivity contribution is 7.80. The molecule has 0 radical (unpaired) electrons. The predicted octanol–water partition coefficient (Wildman–Crippen LogP) is 2.92. The molecule has 1 rings (SSSR count). The third kappa shape index (κ3) is 3.53. The van der Waals surface area contributed by atoms with Crippen LogP contribution in [-0.4, -0.2) is 17.8 Å². The fourth-order valence-corrected chi connectivity index (χ4v) is 1.56. The van der Waals surface area contributed by atoms with Gasteiger partial charge in [0.1, 0.15) is 10.7 Å². The Kier molecular flexibility index (Phi) is 3.98. The second-order valence-corrected chi connectivity index (χ2v) is 3.73. The molecule has 0 saturated carbocycles. The van der Waals surface area contributed by atoms with Crippen LogP contribution in [0.2, 0.25) is 5.02 Å². The Morgan fingerprint density at radius 1 is 1.44 bits per heavy atom. The Morgan fingerprint density at radius 2 is 2.06 bits per heavy atom. The van der Waals surface area contributed by atoms with Crippen LogP contribution in [0.15, 0.2) is 18.2 Å². The van der Waals surface area contributed by atoms with Crippen LogP contribution in [0, 0.1) is 0 Å². The van der Waals surface area contributed by atoms with E-state index in [-0.39, 0.29) is 21.3 Å². The SMILES string of the molecule is NC(=S)c1c(Cl)cccc1OCC(F)(F)F. The van der Waals surface area contributed by atoms with Gasteiger partial charge in [-0.3, -0.25) is 0 Å². The van der Waals surface area contributed by atoms with Crippen molar-refractivity contribution in [2.45, 2.75) is 6.18 Å². The lowest BCUT2D eigenvalue weighted by Crippen LogP contribution is -2.21. The molecule has 16 heavy (non-hydrogen) atoms. The molecule has 0 saturated heterocycles. The summed E-state index contributed by atoms with van der Waals surface area (Å²) in [5, 5.41) is 0.159. The van der Waals surface area contributed by atoms with Crippen molar-refractivity contribution in [2.24, 2.45) is 5.73 Å². The van der Waals surface area contributed by atoms with E-state index in [0.29, 0.717) is 0 Å². The molecule has 1 aromatic carbocycles. The van der Waals surface area contributed by atoms with Crippen molar-refractivity contribution >= 4 is 28.8 Å². The number of alkyl halides is 3. The quantitative estimate of drug-likeness (QED) is 0.857. The van der Waals surface area contributed by atoms with E-state index in [9.17, 15) is 13.2 Å². The molecule has 0 bridgehead atoms. The second-order valence-electron chi connectivity index (χ2n) is 2.88. The number of halogens is 4. The monoisotopic (exact) mass is 269 g/mol. The molecular weight excluding hydrogens is 263 g/mol. The van der Waals surface area contributed by atoms with Crippen LogP contribution in [0.4, 0.5) is 13.2 Å². The average molecular weight is 270 g/mol. The number of benzene rings is 1. The first-order valence-corrected chi connectivity index (χ1v) is 4.88. The molecule has 0 heterocycles. The summed E-state index contributed by atoms with van der Waals surface area (Å²) in [4.78, 5) is -0.109. The second kappa shape index (κ2) is 4.88. The zero-order valence-electron chi connectivity index (χ0n) is 7.84. The normalized spacial score (nSPS) is 11.2. The van der Waals surface area contributed by atoms with E-state index in [2.05, 4.69) is 17.0 Å². The third-order valence-electron chi connectivity index (χ3n) is 1.61. The standard InChI is InChI=1S/C9H7ClF3NOS/c10-5-2-1-3-6(7(5)8(14)16)15-4-9(11,12)13/h1-3H,4H2,(H2,14,16). The van der Waals surface area contributed by atoms with Gasteiger partial charge < -0.3 is 10.5 Å². The molecule has 0 unspecified atom stereocenters. The van der Waals surface area contributed by atoms with E-state index in [4.69, 9.17) is 17.3 Å². The van der Waals surface area contributed by atoms with E-state index in [1.807, 2.05) is 0 Å². The summed E-state index contributed by atoms with van der Waals surface area (Å²) in [5.41, 5.74) is 5.45. The smallest absolute Gasteiger partial charge is 0.422 e. The van der Waals surface area contributed by atoms with Gasteiger partial charge in [-0.1, -0.05) is 29.9 Å². The number of rotatable bonds is 3. The van der Waals surface area contributed by atoms with E-state index in [1.165, 1.54) is 18.2 Å². The van der Waals surface area contributed by atoms with Gasteiger partial charge in [-0.25, -0.2) is 0 Å². The van der Waals surface area contributed by atoms with E-state index < -0.39 is 12.8 Å². The lowest BCUT2D eigenvalue weighted by Gasteiger charge is -2.13. The third-order valence-corrected chi connectivity index (χ3v) is 2.13. The van der Waals surface area contributed by atoms with Crippen molar-refractivity contribution in [1.82, 2.24) is 0 Å². The van der Waals surface area contributed by atoms with Gasteiger partial charge in [0.25, 0.3) is 0 Å². The summed E-state index contributed by atoms with van der Waals surface area (Å²) >= 11 is 10.4. The van der Waals surface area contributed by atoms with Gasteiger partial charge in [-0.2, -0.15) is 13.2 Å². The van der Waals surface area contributed by atoms with Crippen LogP contribution < -0.4 is 10.5 Å². The first-order valence-electron chi connectivity index (χ1n) is 4.09. The Balaban J connectivity index is 2.96. The summed E-state index contributed by atoms with van der Waals surface area (Å²) in [6, 6.07) is 4.25. The maximum atomic E-state index is 12.0. The molecule has 2 nitrogen and oxygen atoms in total. The molecular formula is C9H7ClF3NOS. The van der Waals surface area contributed by atoms with Crippen LogP contribution in [0.1, 0.15) is 5.56 Å². The lowest BCUT2D eigenvalue weighted by molar-refractivity contribution is -0.153. The number of ether oxygens (including phenoxy) is 1. The number of thiocarbonyl (C=S) groups is 1. The van der Waals surface area contributed by atoms with Crippen molar-refractivity contribution in [3.8, 4) is 5.75 Å². The van der Waals surface area contributed by atoms with Crippen LogP contribution in [0.3, 0.4) is 0 Å². The van der Waals surface area contributed by atoms with Crippen LogP contribution in [-0.2, 0) is 0 Å². The molecule has 0 spiro atoms. The molecule has 7 heteroatoms. The van der Waals surface area contributed by atoms with Crippen molar-refractivity contribution in [1.29, 1.82) is 0 Å². The van der Waals surface area contributed by atoms with Gasteiger partial charge in [0, 0.05) is 0 Å². The van der Waals surface area contributed by atoms with Crippen molar-refractivity contribution < 1.29 is 17.9 Å². The first kappa shape index (κ1) is 13.1. The maximum absolute atomic E-state index is 12.0. The Hall–Kier alpha value is -1.01. The largest absolute Gasteiger partial charge is 0.483 e. The van der Waals surface area contributed by atoms with E-state index >= 15 is 0 Å². The van der Waals surface area contributed by atoms with Gasteiger partial charge in [0.15, 0.2) is 6.61 Å². The predicted molar refractivity (Wildman–Crippen MR) is 58.9 cm³/mol. The minimum absolute atomic E-state index is 0.0719.